The van der Waals surface area contributed by atoms with Gasteiger partial charge < -0.3 is 5.32 Å². The van der Waals surface area contributed by atoms with Gasteiger partial charge in [0.2, 0.25) is 0 Å². The molecule has 1 unspecified atom stereocenters. The van der Waals surface area contributed by atoms with Crippen molar-refractivity contribution in [3.63, 3.8) is 0 Å². The minimum absolute atomic E-state index is 0.142. The highest BCUT2D eigenvalue weighted by Gasteiger charge is 2.12. The molecule has 106 valence electrons. The standard InChI is InChI=1S/C18H19N3/c1-12-4-7-16(11-20-12)18(19-3)15-8-9-17-14(10-15)6-5-13(2)21-17/h4-11,18-19H,1-3H3. The van der Waals surface area contributed by atoms with E-state index in [4.69, 9.17) is 0 Å². The molecule has 3 nitrogen and oxygen atoms in total. The molecule has 3 heteroatoms. The number of benzene rings is 1. The van der Waals surface area contributed by atoms with Crippen LogP contribution in [0.4, 0.5) is 0 Å². The number of aromatic nitrogens is 2. The average Bonchev–Trinajstić information content (AvgIpc) is 2.50. The number of nitrogens with one attached hydrogen (secondary N) is 1. The van der Waals surface area contributed by atoms with Crippen molar-refractivity contribution in [2.24, 2.45) is 0 Å². The highest BCUT2D eigenvalue weighted by Crippen LogP contribution is 2.24. The van der Waals surface area contributed by atoms with Crippen LogP contribution in [0.3, 0.4) is 0 Å². The van der Waals surface area contributed by atoms with Gasteiger partial charge in [0, 0.05) is 23.0 Å². The van der Waals surface area contributed by atoms with Crippen LogP contribution in [0.25, 0.3) is 10.9 Å². The maximum absolute atomic E-state index is 4.55. The van der Waals surface area contributed by atoms with E-state index in [1.54, 1.807) is 0 Å². The summed E-state index contributed by atoms with van der Waals surface area (Å²) in [4.78, 5) is 8.95. The third-order valence-corrected chi connectivity index (χ3v) is 3.74. The Bertz CT molecular complexity index is 763. The van der Waals surface area contributed by atoms with Crippen LogP contribution in [0.2, 0.25) is 0 Å². The molecular weight excluding hydrogens is 258 g/mol. The summed E-state index contributed by atoms with van der Waals surface area (Å²) in [6.07, 6.45) is 1.94. The first-order chi connectivity index (χ1) is 10.2. The first-order valence-electron chi connectivity index (χ1n) is 7.14. The lowest BCUT2D eigenvalue weighted by molar-refractivity contribution is 0.689. The SMILES string of the molecule is CNC(c1ccc(C)nc1)c1ccc2nc(C)ccc2c1. The molecular formula is C18H19N3. The van der Waals surface area contributed by atoms with Crippen molar-refractivity contribution < 1.29 is 0 Å². The quantitative estimate of drug-likeness (QED) is 0.795. The molecule has 0 aliphatic heterocycles. The third-order valence-electron chi connectivity index (χ3n) is 3.74. The molecule has 0 saturated heterocycles. The van der Waals surface area contributed by atoms with Crippen molar-refractivity contribution in [3.05, 3.63) is 71.2 Å². The second-order valence-corrected chi connectivity index (χ2v) is 5.36. The fourth-order valence-corrected chi connectivity index (χ4v) is 2.60. The lowest BCUT2D eigenvalue weighted by Gasteiger charge is -2.17. The summed E-state index contributed by atoms with van der Waals surface area (Å²) < 4.78 is 0. The van der Waals surface area contributed by atoms with E-state index in [0.29, 0.717) is 0 Å². The summed E-state index contributed by atoms with van der Waals surface area (Å²) in [5.74, 6) is 0. The van der Waals surface area contributed by atoms with Gasteiger partial charge in [-0.1, -0.05) is 18.2 Å². The van der Waals surface area contributed by atoms with Crippen molar-refractivity contribution in [1.82, 2.24) is 15.3 Å². The minimum atomic E-state index is 0.142. The molecule has 0 aliphatic rings. The first kappa shape index (κ1) is 13.7. The Balaban J connectivity index is 2.04. The van der Waals surface area contributed by atoms with Gasteiger partial charge in [0.05, 0.1) is 11.6 Å². The summed E-state index contributed by atoms with van der Waals surface area (Å²) >= 11 is 0. The fourth-order valence-electron chi connectivity index (χ4n) is 2.60. The average molecular weight is 277 g/mol. The van der Waals surface area contributed by atoms with Gasteiger partial charge in [-0.25, -0.2) is 0 Å². The molecule has 0 bridgehead atoms. The van der Waals surface area contributed by atoms with E-state index in [0.717, 1.165) is 16.9 Å². The summed E-state index contributed by atoms with van der Waals surface area (Å²) in [6.45, 7) is 4.02. The Morgan fingerprint density at radius 2 is 1.67 bits per heavy atom. The number of hydrogen-bond acceptors (Lipinski definition) is 3. The van der Waals surface area contributed by atoms with Gasteiger partial charge in [-0.05, 0) is 56.3 Å². The van der Waals surface area contributed by atoms with E-state index in [-0.39, 0.29) is 6.04 Å². The molecule has 2 heterocycles. The van der Waals surface area contributed by atoms with Crippen molar-refractivity contribution in [2.45, 2.75) is 19.9 Å². The van der Waals surface area contributed by atoms with Gasteiger partial charge in [-0.3, -0.25) is 9.97 Å². The highest BCUT2D eigenvalue weighted by atomic mass is 14.9. The molecule has 2 aromatic heterocycles. The maximum atomic E-state index is 4.55. The first-order valence-corrected chi connectivity index (χ1v) is 7.14. The Labute approximate surface area is 125 Å². The van der Waals surface area contributed by atoms with E-state index in [2.05, 4.69) is 45.6 Å². The summed E-state index contributed by atoms with van der Waals surface area (Å²) in [5.41, 5.74) is 5.51. The van der Waals surface area contributed by atoms with Crippen molar-refractivity contribution >= 4 is 10.9 Å². The van der Waals surface area contributed by atoms with E-state index >= 15 is 0 Å². The Morgan fingerprint density at radius 1 is 0.905 bits per heavy atom. The Hall–Kier alpha value is -2.26. The number of aryl methyl sites for hydroxylation is 2. The van der Waals surface area contributed by atoms with E-state index in [1.807, 2.05) is 39.2 Å². The molecule has 0 spiro atoms. The zero-order valence-corrected chi connectivity index (χ0v) is 12.6. The number of nitrogens with zero attached hydrogens (tertiary/aromatic N) is 2. The lowest BCUT2D eigenvalue weighted by atomic mass is 9.98. The monoisotopic (exact) mass is 277 g/mol. The fraction of sp³-hybridized carbons (Fsp3) is 0.222. The van der Waals surface area contributed by atoms with Gasteiger partial charge in [0.1, 0.15) is 0 Å². The molecule has 1 N–H and O–H groups in total. The van der Waals surface area contributed by atoms with Crippen LogP contribution in [-0.2, 0) is 0 Å². The smallest absolute Gasteiger partial charge is 0.0705 e. The van der Waals surface area contributed by atoms with Crippen LogP contribution >= 0.6 is 0 Å². The molecule has 1 aromatic carbocycles. The number of fused-ring (bicyclic) bond motifs is 1. The third kappa shape index (κ3) is 2.78. The zero-order valence-electron chi connectivity index (χ0n) is 12.6. The van der Waals surface area contributed by atoms with E-state index in [9.17, 15) is 0 Å². The van der Waals surface area contributed by atoms with Crippen molar-refractivity contribution in [1.29, 1.82) is 0 Å². The highest BCUT2D eigenvalue weighted by molar-refractivity contribution is 5.79. The normalized spacial score (nSPS) is 12.5. The second-order valence-electron chi connectivity index (χ2n) is 5.36. The van der Waals surface area contributed by atoms with Gasteiger partial charge in [-0.15, -0.1) is 0 Å². The van der Waals surface area contributed by atoms with Crippen LogP contribution in [0.15, 0.2) is 48.7 Å². The van der Waals surface area contributed by atoms with Crippen LogP contribution < -0.4 is 5.32 Å². The molecule has 0 fully saturated rings. The van der Waals surface area contributed by atoms with Crippen LogP contribution in [-0.4, -0.2) is 17.0 Å². The minimum Gasteiger partial charge on any atom is -0.309 e. The van der Waals surface area contributed by atoms with Gasteiger partial charge in [0.25, 0.3) is 0 Å². The number of rotatable bonds is 3. The van der Waals surface area contributed by atoms with Crippen LogP contribution in [0.5, 0.6) is 0 Å². The summed E-state index contributed by atoms with van der Waals surface area (Å²) in [6, 6.07) is 14.9. The van der Waals surface area contributed by atoms with Gasteiger partial charge >= 0.3 is 0 Å². The van der Waals surface area contributed by atoms with Crippen LogP contribution in [0.1, 0.15) is 28.6 Å². The molecule has 0 radical (unpaired) electrons. The maximum Gasteiger partial charge on any atom is 0.0705 e. The predicted octanol–water partition coefficient (Wildman–Crippen LogP) is 3.56. The Kier molecular flexibility index (Phi) is 3.67. The molecule has 1 atom stereocenters. The molecule has 0 saturated carbocycles. The lowest BCUT2D eigenvalue weighted by Crippen LogP contribution is -2.17. The van der Waals surface area contributed by atoms with Crippen LogP contribution in [0, 0.1) is 13.8 Å². The molecule has 3 aromatic rings. The molecule has 3 rings (SSSR count). The molecule has 21 heavy (non-hydrogen) atoms. The van der Waals surface area contributed by atoms with E-state index < -0.39 is 0 Å². The molecule has 0 amide bonds. The van der Waals surface area contributed by atoms with E-state index in [1.165, 1.54) is 16.5 Å². The number of hydrogen-bond donors (Lipinski definition) is 1. The predicted molar refractivity (Wildman–Crippen MR) is 86.4 cm³/mol. The summed E-state index contributed by atoms with van der Waals surface area (Å²) in [5, 5.41) is 4.53. The topological polar surface area (TPSA) is 37.8 Å². The second kappa shape index (κ2) is 5.62. The number of pyridine rings is 2. The van der Waals surface area contributed by atoms with Gasteiger partial charge in [-0.2, -0.15) is 0 Å². The van der Waals surface area contributed by atoms with Gasteiger partial charge in [0.15, 0.2) is 0 Å². The van der Waals surface area contributed by atoms with Crippen molar-refractivity contribution in [2.75, 3.05) is 7.05 Å². The zero-order chi connectivity index (χ0) is 14.8. The Morgan fingerprint density at radius 3 is 2.38 bits per heavy atom. The van der Waals surface area contributed by atoms with Crippen molar-refractivity contribution in [3.8, 4) is 0 Å². The molecule has 0 aliphatic carbocycles. The summed E-state index contributed by atoms with van der Waals surface area (Å²) in [7, 11) is 1.97. The largest absolute Gasteiger partial charge is 0.309 e.